The zero-order valence-electron chi connectivity index (χ0n) is 33.8. The largest absolute Gasteiger partial charge is 0.496 e. The van der Waals surface area contributed by atoms with Crippen LogP contribution in [0.4, 0.5) is 17.6 Å². The van der Waals surface area contributed by atoms with Crippen molar-refractivity contribution in [3.63, 3.8) is 0 Å². The van der Waals surface area contributed by atoms with E-state index < -0.39 is 42.3 Å². The Morgan fingerprint density at radius 2 is 1.25 bits per heavy atom. The van der Waals surface area contributed by atoms with E-state index in [1.807, 2.05) is 35.2 Å². The number of carbonyl (C=O) groups is 4. The number of halogens is 5. The Morgan fingerprint density at radius 3 is 1.69 bits per heavy atom. The minimum atomic E-state index is -1.76. The van der Waals surface area contributed by atoms with Gasteiger partial charge in [0.25, 0.3) is 11.9 Å². The van der Waals surface area contributed by atoms with Crippen molar-refractivity contribution in [2.24, 2.45) is 0 Å². The van der Waals surface area contributed by atoms with E-state index in [9.17, 15) is 27.2 Å². The fraction of sp³-hybridized carbons (Fsp3) is 0.293. The van der Waals surface area contributed by atoms with E-state index in [4.69, 9.17) is 44.4 Å². The minimum absolute atomic E-state index is 0. The van der Waals surface area contributed by atoms with Gasteiger partial charge in [-0.05, 0) is 93.0 Å². The quantitative estimate of drug-likeness (QED) is 0.0840. The number of benzene rings is 4. The average molecular weight is 1020 g/mol. The van der Waals surface area contributed by atoms with Crippen LogP contribution in [-0.2, 0) is 52.7 Å². The van der Waals surface area contributed by atoms with Gasteiger partial charge in [-0.2, -0.15) is 0 Å². The number of aliphatic carboxylic acids is 2. The smallest absolute Gasteiger partial charge is 0.488 e. The second-order valence-corrected chi connectivity index (χ2v) is 13.2. The number of hydrogen-bond acceptors (Lipinski definition) is 9. The molecule has 0 atom stereocenters. The molecule has 0 saturated carbocycles. The second kappa shape index (κ2) is 29.3. The molecule has 2 heterocycles. The summed E-state index contributed by atoms with van der Waals surface area (Å²) < 4.78 is 62.6. The first kappa shape index (κ1) is 56.0. The van der Waals surface area contributed by atoms with Gasteiger partial charge in [-0.15, -0.1) is 0 Å². The Labute approximate surface area is 373 Å². The molecule has 4 aromatic rings. The van der Waals surface area contributed by atoms with E-state index in [1.165, 1.54) is 13.2 Å². The molecule has 0 aliphatic carbocycles. The molecule has 0 aromatic heterocycles. The molecular formula is C41H47BBrF4N2O11Pd+. The maximum Gasteiger partial charge on any atom is 0.488 e. The Hall–Kier alpha value is -4.96. The van der Waals surface area contributed by atoms with Crippen LogP contribution < -0.4 is 14.9 Å². The SMILES string of the molecule is CC(=O)O.CC(=O)O.CO.COc1ccc(CN2CCCC2=O)cc1-c1ccc(F)c(F)c1.COc1ccc(CN2CC[CH+]C2=O)cc1Br.OB(O)c1ccc(F)c(F)c1.[Pd]. The maximum atomic E-state index is 13.5. The molecule has 334 valence electrons. The molecule has 0 unspecified atom stereocenters. The topological polar surface area (TPSA) is 194 Å². The first-order valence-electron chi connectivity index (χ1n) is 17.9. The normalized spacial score (nSPS) is 12.1. The van der Waals surface area contributed by atoms with E-state index in [-0.39, 0.29) is 37.7 Å². The predicted octanol–water partition coefficient (Wildman–Crippen LogP) is 5.59. The molecular weight excluding hydrogens is 970 g/mol. The number of rotatable bonds is 8. The van der Waals surface area contributed by atoms with Crippen LogP contribution >= 0.6 is 15.9 Å². The van der Waals surface area contributed by atoms with Crippen molar-refractivity contribution in [3.05, 3.63) is 118 Å². The summed E-state index contributed by atoms with van der Waals surface area (Å²) in [6, 6.07) is 17.8. The zero-order valence-corrected chi connectivity index (χ0v) is 37.0. The number of hydrogen-bond donors (Lipinski definition) is 5. The van der Waals surface area contributed by atoms with Crippen LogP contribution in [0, 0.1) is 29.7 Å². The summed E-state index contributed by atoms with van der Waals surface area (Å²) in [4.78, 5) is 44.8. The summed E-state index contributed by atoms with van der Waals surface area (Å²) >= 11 is 3.44. The van der Waals surface area contributed by atoms with Crippen molar-refractivity contribution in [2.75, 3.05) is 34.4 Å². The monoisotopic (exact) mass is 1020 g/mol. The van der Waals surface area contributed by atoms with Gasteiger partial charge in [0.15, 0.2) is 29.7 Å². The molecule has 6 rings (SSSR count). The maximum absolute atomic E-state index is 13.5. The number of nitrogens with zero attached hydrogens (tertiary/aromatic N) is 2. The number of carboxylic acid groups (broad SMARTS) is 2. The van der Waals surface area contributed by atoms with Crippen molar-refractivity contribution >= 4 is 52.3 Å². The number of carbonyl (C=O) groups excluding carboxylic acids is 2. The summed E-state index contributed by atoms with van der Waals surface area (Å²) in [5.74, 6) is -3.88. The van der Waals surface area contributed by atoms with Crippen molar-refractivity contribution < 1.29 is 92.0 Å². The van der Waals surface area contributed by atoms with Crippen LogP contribution in [0.15, 0.2) is 77.3 Å². The van der Waals surface area contributed by atoms with Crippen LogP contribution in [0.3, 0.4) is 0 Å². The van der Waals surface area contributed by atoms with E-state index in [1.54, 1.807) is 24.5 Å². The first-order valence-corrected chi connectivity index (χ1v) is 18.7. The Bertz CT molecular complexity index is 2020. The van der Waals surface area contributed by atoms with Crippen LogP contribution in [-0.4, -0.2) is 100 Å². The number of ether oxygens (including phenoxy) is 2. The summed E-state index contributed by atoms with van der Waals surface area (Å²) in [6.07, 6.45) is 4.06. The van der Waals surface area contributed by atoms with Crippen molar-refractivity contribution in [1.29, 1.82) is 0 Å². The zero-order chi connectivity index (χ0) is 45.5. The molecule has 13 nitrogen and oxygen atoms in total. The first-order chi connectivity index (χ1) is 28.4. The van der Waals surface area contributed by atoms with Gasteiger partial charge in [0.1, 0.15) is 17.9 Å². The minimum Gasteiger partial charge on any atom is -0.496 e. The number of likely N-dealkylation sites (tertiary alicyclic amines) is 2. The fourth-order valence-electron chi connectivity index (χ4n) is 5.28. The van der Waals surface area contributed by atoms with Gasteiger partial charge >= 0.3 is 13.0 Å². The summed E-state index contributed by atoms with van der Waals surface area (Å²) in [5, 5.41) is 38.8. The van der Waals surface area contributed by atoms with Crippen molar-refractivity contribution in [3.8, 4) is 22.6 Å². The number of carboxylic acids is 2. The summed E-state index contributed by atoms with van der Waals surface area (Å²) in [7, 11) is 2.41. The van der Waals surface area contributed by atoms with Gasteiger partial charge in [0.2, 0.25) is 5.91 Å². The number of methoxy groups -OCH3 is 2. The molecule has 2 saturated heterocycles. The Morgan fingerprint density at radius 1 is 0.738 bits per heavy atom. The molecule has 0 bridgehead atoms. The molecule has 2 aliphatic rings. The van der Waals surface area contributed by atoms with E-state index in [0.717, 1.165) is 98.6 Å². The van der Waals surface area contributed by atoms with Gasteiger partial charge in [0, 0.05) is 66.5 Å². The van der Waals surface area contributed by atoms with E-state index in [2.05, 4.69) is 15.9 Å². The molecule has 0 radical (unpaired) electrons. The van der Waals surface area contributed by atoms with Crippen LogP contribution in [0.2, 0.25) is 0 Å². The second-order valence-electron chi connectivity index (χ2n) is 12.4. The predicted molar refractivity (Wildman–Crippen MR) is 219 cm³/mol. The molecule has 20 heteroatoms. The molecule has 2 amide bonds. The number of amides is 2. The third kappa shape index (κ3) is 20.4. The number of aliphatic hydroxyl groups excluding tert-OH is 1. The molecule has 5 N–H and O–H groups in total. The van der Waals surface area contributed by atoms with E-state index >= 15 is 0 Å². The molecule has 2 aliphatic heterocycles. The summed E-state index contributed by atoms with van der Waals surface area (Å²) in [6.45, 7) is 4.92. The third-order valence-electron chi connectivity index (χ3n) is 7.90. The van der Waals surface area contributed by atoms with Gasteiger partial charge < -0.3 is 39.7 Å². The Balaban J connectivity index is 0.000000827. The van der Waals surface area contributed by atoms with Gasteiger partial charge in [-0.1, -0.05) is 24.3 Å². The molecule has 4 aromatic carbocycles. The Kier molecular flexibility index (Phi) is 26.9. The molecule has 61 heavy (non-hydrogen) atoms. The van der Waals surface area contributed by atoms with Gasteiger partial charge in [-0.25, -0.2) is 22.4 Å². The van der Waals surface area contributed by atoms with Crippen LogP contribution in [0.25, 0.3) is 11.1 Å². The van der Waals surface area contributed by atoms with Crippen molar-refractivity contribution in [2.45, 2.75) is 46.2 Å². The number of aliphatic hydroxyl groups is 1. The standard InChI is InChI=1S/C18H17F2NO2.C12H13BrNO2.C6H5BF2O2.2C2H4O2.CH4O.Pd/c1-23-17-7-4-12(11-21-8-2-3-18(21)22)9-14(17)13-5-6-15(19)16(20)10-13;1-16-11-5-4-9(7-10(11)13)8-14-6-2-3-12(14)15;8-5-2-1-4(7(10)11)3-6(5)9;2*1-2(3)4;1-2;/h4-7,9-10H,2-3,8,11H2,1H3;3-5,7H,2,6,8H2,1H3;1-3,10-11H;2*1H3,(H,3,4);2H,1H3;/q;+1;;;;;. The van der Waals surface area contributed by atoms with Gasteiger partial charge in [0.05, 0.1) is 31.8 Å². The third-order valence-corrected chi connectivity index (χ3v) is 8.52. The molecule has 2 fully saturated rings. The van der Waals surface area contributed by atoms with Crippen LogP contribution in [0.1, 0.15) is 44.2 Å². The van der Waals surface area contributed by atoms with Crippen LogP contribution in [0.5, 0.6) is 11.5 Å². The fourth-order valence-corrected chi connectivity index (χ4v) is 5.86. The van der Waals surface area contributed by atoms with E-state index in [0.29, 0.717) is 36.4 Å². The molecule has 0 spiro atoms. The van der Waals surface area contributed by atoms with Crippen molar-refractivity contribution in [1.82, 2.24) is 9.80 Å². The average Bonchev–Trinajstić information content (AvgIpc) is 3.80. The van der Waals surface area contributed by atoms with Gasteiger partial charge in [-0.3, -0.25) is 19.3 Å². The summed E-state index contributed by atoms with van der Waals surface area (Å²) in [5.41, 5.74) is 3.19.